The van der Waals surface area contributed by atoms with Crippen molar-refractivity contribution in [1.82, 2.24) is 25.5 Å². The topological polar surface area (TPSA) is 208 Å². The van der Waals surface area contributed by atoms with Gasteiger partial charge < -0.3 is 39.6 Å². The van der Waals surface area contributed by atoms with Gasteiger partial charge in [-0.1, -0.05) is 40.7 Å². The third kappa shape index (κ3) is 9.46. The number of carboxylic acid groups (broad SMARTS) is 1. The number of rotatable bonds is 14. The Morgan fingerprint density at radius 3 is 2.45 bits per heavy atom. The van der Waals surface area contributed by atoms with Crippen LogP contribution in [0.2, 0.25) is 0 Å². The zero-order valence-corrected chi connectivity index (χ0v) is 34.5. The number of hydrogen-bond acceptors (Lipinski definition) is 12. The van der Waals surface area contributed by atoms with Crippen LogP contribution in [0.25, 0.3) is 22.3 Å². The molecular formula is C41H52N6O10S. The molecule has 3 fully saturated rings. The number of ether oxygens (including phenoxy) is 4. The van der Waals surface area contributed by atoms with E-state index in [4.69, 9.17) is 23.9 Å². The monoisotopic (exact) mass is 820 g/mol. The molecule has 1 aliphatic heterocycles. The number of fused-ring (bicyclic) bond motifs is 1. The van der Waals surface area contributed by atoms with Crippen LogP contribution in [0.3, 0.4) is 0 Å². The van der Waals surface area contributed by atoms with Gasteiger partial charge in [-0.3, -0.25) is 14.9 Å². The van der Waals surface area contributed by atoms with Crippen molar-refractivity contribution < 1.29 is 48.0 Å². The van der Waals surface area contributed by atoms with E-state index in [1.54, 1.807) is 50.4 Å². The van der Waals surface area contributed by atoms with Crippen molar-refractivity contribution in [1.29, 1.82) is 0 Å². The summed E-state index contributed by atoms with van der Waals surface area (Å²) in [5.74, 6) is -1.79. The highest BCUT2D eigenvalue weighted by atomic mass is 32.1. The highest BCUT2D eigenvalue weighted by Gasteiger charge is 2.61. The number of hydrogen-bond donors (Lipinski definition) is 4. The van der Waals surface area contributed by atoms with Crippen molar-refractivity contribution in [2.24, 2.45) is 17.3 Å². The van der Waals surface area contributed by atoms with Gasteiger partial charge in [-0.2, -0.15) is 0 Å². The predicted molar refractivity (Wildman–Crippen MR) is 216 cm³/mol. The van der Waals surface area contributed by atoms with Crippen LogP contribution in [0.1, 0.15) is 73.1 Å². The van der Waals surface area contributed by atoms with Crippen molar-refractivity contribution in [2.45, 2.75) is 103 Å². The standard InChI is InChI=1S/C41H52N6O10S/c1-8-23-18-41(23,36(50)51)46-34(48)31-16-26(19-47(31)35(49)33(40(4,5)6)44-39(53)57-24-11-9-10-12-24)56-32-17-29(42-28-15-25(54-7)13-14-27(28)32)30-21-58-37(43-30)45-38(52)55-20-22(2)3/h8,13-15,17,21-24,26,31,33H,1,9-12,16,18-20H2,2-7H3,(H,44,53)(H,46,48)(H,50,51)(H,43,45,52). The summed E-state index contributed by atoms with van der Waals surface area (Å²) in [7, 11) is 1.54. The number of nitrogens with one attached hydrogen (secondary N) is 3. The van der Waals surface area contributed by atoms with Crippen molar-refractivity contribution in [3.8, 4) is 22.9 Å². The molecule has 17 heteroatoms. The van der Waals surface area contributed by atoms with E-state index in [1.165, 1.54) is 29.4 Å². The third-order valence-corrected chi connectivity index (χ3v) is 11.4. The first-order valence-electron chi connectivity index (χ1n) is 19.5. The molecule has 2 aromatic heterocycles. The van der Waals surface area contributed by atoms with Crippen LogP contribution < -0.4 is 25.4 Å². The molecular weight excluding hydrogens is 769 g/mol. The number of likely N-dealkylation sites (tertiary alicyclic amines) is 1. The summed E-state index contributed by atoms with van der Waals surface area (Å²) < 4.78 is 23.0. The molecule has 4 amide bonds. The van der Waals surface area contributed by atoms with Gasteiger partial charge in [0.2, 0.25) is 11.8 Å². The maximum atomic E-state index is 14.6. The second kappa shape index (κ2) is 17.2. The van der Waals surface area contributed by atoms with E-state index in [-0.39, 0.29) is 38.0 Å². The number of alkyl carbamates (subject to hydrolysis) is 1. The van der Waals surface area contributed by atoms with Gasteiger partial charge in [0.25, 0.3) is 0 Å². The summed E-state index contributed by atoms with van der Waals surface area (Å²) in [5.41, 5.74) is -0.971. The normalized spacial score (nSPS) is 22.3. The number of amides is 4. The minimum atomic E-state index is -1.54. The third-order valence-electron chi connectivity index (χ3n) is 10.6. The lowest BCUT2D eigenvalue weighted by Crippen LogP contribution is -2.59. The molecule has 16 nitrogen and oxygen atoms in total. The fraction of sp³-hybridized carbons (Fsp3) is 0.537. The SMILES string of the molecule is C=CC1CC1(NC(=O)C1CC(Oc2cc(-c3csc(NC(=O)OCC(C)C)n3)nc3cc(OC)ccc23)CN1C(=O)C(NC(=O)OC1CCCC1)C(C)(C)C)C(=O)O. The largest absolute Gasteiger partial charge is 0.497 e. The minimum Gasteiger partial charge on any atom is -0.497 e. The average molecular weight is 821 g/mol. The summed E-state index contributed by atoms with van der Waals surface area (Å²) in [6.45, 7) is 13.2. The van der Waals surface area contributed by atoms with E-state index in [0.29, 0.717) is 38.9 Å². The second-order valence-electron chi connectivity index (χ2n) is 16.6. The maximum absolute atomic E-state index is 14.6. The van der Waals surface area contributed by atoms with Gasteiger partial charge in [0.1, 0.15) is 47.0 Å². The zero-order valence-electron chi connectivity index (χ0n) is 33.7. The summed E-state index contributed by atoms with van der Waals surface area (Å²) in [4.78, 5) is 77.3. The number of carbonyl (C=O) groups excluding carboxylic acids is 4. The molecule has 0 radical (unpaired) electrons. The van der Waals surface area contributed by atoms with Crippen LogP contribution in [0.4, 0.5) is 14.7 Å². The van der Waals surface area contributed by atoms with E-state index in [1.807, 2.05) is 13.8 Å². The number of aromatic nitrogens is 2. The minimum absolute atomic E-state index is 0.00791. The Hall–Kier alpha value is -5.45. The molecule has 58 heavy (non-hydrogen) atoms. The molecule has 1 saturated heterocycles. The molecule has 6 rings (SSSR count). The number of pyridine rings is 1. The number of anilines is 1. The van der Waals surface area contributed by atoms with Gasteiger partial charge in [0.15, 0.2) is 5.13 Å². The Bertz CT molecular complexity index is 2060. The highest BCUT2D eigenvalue weighted by molar-refractivity contribution is 7.14. The summed E-state index contributed by atoms with van der Waals surface area (Å²) in [6, 6.07) is 4.74. The van der Waals surface area contributed by atoms with Crippen molar-refractivity contribution >= 4 is 57.3 Å². The Morgan fingerprint density at radius 2 is 1.81 bits per heavy atom. The van der Waals surface area contributed by atoms with E-state index in [0.717, 1.165) is 25.7 Å². The molecule has 2 aliphatic carbocycles. The molecule has 1 aromatic carbocycles. The fourth-order valence-electron chi connectivity index (χ4n) is 7.34. The van der Waals surface area contributed by atoms with E-state index < -0.39 is 65.0 Å². The second-order valence-corrected chi connectivity index (χ2v) is 17.5. The molecule has 5 unspecified atom stereocenters. The number of aliphatic carboxylic acids is 1. The Balaban J connectivity index is 1.30. The first kappa shape index (κ1) is 42.2. The smallest absolute Gasteiger partial charge is 0.413 e. The van der Waals surface area contributed by atoms with Crippen LogP contribution in [-0.2, 0) is 23.9 Å². The van der Waals surface area contributed by atoms with Gasteiger partial charge in [0, 0.05) is 35.2 Å². The van der Waals surface area contributed by atoms with Crippen LogP contribution in [0, 0.1) is 17.3 Å². The van der Waals surface area contributed by atoms with Crippen molar-refractivity contribution in [2.75, 3.05) is 25.6 Å². The molecule has 0 spiro atoms. The van der Waals surface area contributed by atoms with Crippen LogP contribution in [0.15, 0.2) is 42.3 Å². The summed E-state index contributed by atoms with van der Waals surface area (Å²) in [6.07, 6.45) is 2.73. The Morgan fingerprint density at radius 1 is 1.07 bits per heavy atom. The highest BCUT2D eigenvalue weighted by Crippen LogP contribution is 2.45. The number of benzene rings is 1. The molecule has 2 saturated carbocycles. The number of nitrogens with zero attached hydrogens (tertiary/aromatic N) is 3. The molecule has 3 aromatic rings. The first-order chi connectivity index (χ1) is 27.5. The Labute approximate surface area is 341 Å². The predicted octanol–water partition coefficient (Wildman–Crippen LogP) is 6.15. The maximum Gasteiger partial charge on any atom is 0.413 e. The lowest BCUT2D eigenvalue weighted by molar-refractivity contribution is -0.146. The number of methoxy groups -OCH3 is 1. The van der Waals surface area contributed by atoms with Gasteiger partial charge in [-0.25, -0.2) is 24.4 Å². The van der Waals surface area contributed by atoms with E-state index >= 15 is 0 Å². The lowest BCUT2D eigenvalue weighted by atomic mass is 9.85. The quantitative estimate of drug-likeness (QED) is 0.135. The van der Waals surface area contributed by atoms with Crippen molar-refractivity contribution in [3.05, 3.63) is 42.3 Å². The molecule has 4 N–H and O–H groups in total. The number of thiazole rings is 1. The molecule has 3 heterocycles. The number of carbonyl (C=O) groups is 5. The zero-order chi connectivity index (χ0) is 41.9. The number of carboxylic acids is 1. The van der Waals surface area contributed by atoms with Crippen molar-refractivity contribution in [3.63, 3.8) is 0 Å². The molecule has 5 atom stereocenters. The van der Waals surface area contributed by atoms with Gasteiger partial charge >= 0.3 is 18.2 Å². The van der Waals surface area contributed by atoms with Gasteiger partial charge in [-0.15, -0.1) is 17.9 Å². The van der Waals surface area contributed by atoms with Crippen LogP contribution in [-0.4, -0.2) is 100 Å². The fourth-order valence-corrected chi connectivity index (χ4v) is 8.03. The molecule has 3 aliphatic rings. The van der Waals surface area contributed by atoms with E-state index in [9.17, 15) is 29.1 Å². The summed E-state index contributed by atoms with van der Waals surface area (Å²) in [5, 5.41) is 20.9. The first-order valence-corrected chi connectivity index (χ1v) is 20.4. The average Bonchev–Trinajstić information content (AvgIpc) is 3.58. The van der Waals surface area contributed by atoms with Gasteiger partial charge in [0.05, 0.1) is 31.5 Å². The summed E-state index contributed by atoms with van der Waals surface area (Å²) >= 11 is 1.19. The van der Waals surface area contributed by atoms with Crippen LogP contribution in [0.5, 0.6) is 11.5 Å². The van der Waals surface area contributed by atoms with Crippen LogP contribution >= 0.6 is 11.3 Å². The Kier molecular flexibility index (Phi) is 12.5. The molecule has 0 bridgehead atoms. The molecule has 312 valence electrons. The lowest BCUT2D eigenvalue weighted by Gasteiger charge is -2.35. The van der Waals surface area contributed by atoms with E-state index in [2.05, 4.69) is 27.5 Å². The van der Waals surface area contributed by atoms with Gasteiger partial charge in [-0.05, 0) is 55.6 Å².